The lowest BCUT2D eigenvalue weighted by atomic mass is 9.89. The van der Waals surface area contributed by atoms with Crippen molar-refractivity contribution in [2.24, 2.45) is 0 Å². The van der Waals surface area contributed by atoms with Crippen molar-refractivity contribution in [1.29, 1.82) is 0 Å². The van der Waals surface area contributed by atoms with Crippen LogP contribution in [0, 0.1) is 11.6 Å². The molecule has 12 nitrogen and oxygen atoms in total. The Balaban J connectivity index is 1.17. The zero-order chi connectivity index (χ0) is 39.7. The van der Waals surface area contributed by atoms with Crippen molar-refractivity contribution in [1.82, 2.24) is 24.3 Å². The normalized spacial score (nSPS) is 13.5. The number of para-hydroxylation sites is 1. The minimum Gasteiger partial charge on any atom is -0.493 e. The molecule has 296 valence electrons. The summed E-state index contributed by atoms with van der Waals surface area (Å²) in [7, 11) is 1.51. The summed E-state index contributed by atoms with van der Waals surface area (Å²) in [5.41, 5.74) is 4.41. The van der Waals surface area contributed by atoms with Crippen molar-refractivity contribution in [3.63, 3.8) is 0 Å². The summed E-state index contributed by atoms with van der Waals surface area (Å²) < 4.78 is 47.8. The molecule has 57 heavy (non-hydrogen) atoms. The van der Waals surface area contributed by atoms with Gasteiger partial charge in [0.15, 0.2) is 0 Å². The van der Waals surface area contributed by atoms with Crippen LogP contribution >= 0.6 is 12.0 Å². The number of likely N-dealkylation sites (tertiary alicyclic amines) is 1. The fourth-order valence-corrected chi connectivity index (χ4v) is 7.45. The van der Waals surface area contributed by atoms with Crippen LogP contribution in [0.3, 0.4) is 0 Å². The second-order valence-corrected chi connectivity index (χ2v) is 14.0. The Labute approximate surface area is 333 Å². The number of anilines is 3. The SMILES string of the molecule is CCOc1cc(C2CCN(CCSOOC)CC2)ccc1Nc1nccc(-c2c(-c3ccc(OCC)c(C(=O)Nc4c(F)cccc4F)c3)nc3ccccn23)n1. The number of rotatable bonds is 16. The highest BCUT2D eigenvalue weighted by Gasteiger charge is 2.24. The third kappa shape index (κ3) is 9.18. The lowest BCUT2D eigenvalue weighted by Gasteiger charge is -2.32. The molecule has 4 heterocycles. The highest BCUT2D eigenvalue weighted by Crippen LogP contribution is 2.37. The molecule has 0 aliphatic carbocycles. The number of aromatic nitrogens is 4. The average Bonchev–Trinajstić information content (AvgIpc) is 3.62. The summed E-state index contributed by atoms with van der Waals surface area (Å²) in [6, 6.07) is 22.1. The first kappa shape index (κ1) is 39.6. The highest BCUT2D eigenvalue weighted by molar-refractivity contribution is 7.94. The molecule has 0 spiro atoms. The third-order valence-electron chi connectivity index (χ3n) is 9.64. The van der Waals surface area contributed by atoms with Crippen molar-refractivity contribution in [2.75, 3.05) is 56.3 Å². The molecule has 0 saturated carbocycles. The average molecular weight is 796 g/mol. The van der Waals surface area contributed by atoms with Gasteiger partial charge in [-0.05, 0) is 112 Å². The fourth-order valence-electron chi connectivity index (χ4n) is 6.96. The van der Waals surface area contributed by atoms with E-state index in [1.165, 1.54) is 30.8 Å². The second kappa shape index (κ2) is 18.6. The highest BCUT2D eigenvalue weighted by atomic mass is 32.2. The minimum absolute atomic E-state index is 0.0784. The van der Waals surface area contributed by atoms with Gasteiger partial charge in [-0.15, -0.1) is 0 Å². The van der Waals surface area contributed by atoms with Gasteiger partial charge in [-0.1, -0.05) is 18.2 Å². The van der Waals surface area contributed by atoms with Crippen LogP contribution in [0.4, 0.5) is 26.1 Å². The van der Waals surface area contributed by atoms with Gasteiger partial charge in [0.25, 0.3) is 5.91 Å². The number of hydrogen-bond acceptors (Lipinski definition) is 11. The molecule has 1 fully saturated rings. The molecule has 0 unspecified atom stereocenters. The molecule has 7 rings (SSSR count). The van der Waals surface area contributed by atoms with Crippen LogP contribution in [0.15, 0.2) is 91.3 Å². The molecule has 3 aromatic heterocycles. The van der Waals surface area contributed by atoms with Gasteiger partial charge in [0.1, 0.15) is 34.5 Å². The lowest BCUT2D eigenvalue weighted by Crippen LogP contribution is -2.34. The quantitative estimate of drug-likeness (QED) is 0.0422. The minimum atomic E-state index is -0.894. The topological polar surface area (TPSA) is 124 Å². The summed E-state index contributed by atoms with van der Waals surface area (Å²) >= 11 is 1.32. The number of benzene rings is 3. The lowest BCUT2D eigenvalue weighted by molar-refractivity contribution is -0.160. The maximum Gasteiger partial charge on any atom is 0.259 e. The Hall–Kier alpha value is -5.61. The fraction of sp³-hybridized carbons (Fsp3) is 0.286. The van der Waals surface area contributed by atoms with E-state index < -0.39 is 23.2 Å². The largest absolute Gasteiger partial charge is 0.493 e. The molecule has 0 radical (unpaired) electrons. The van der Waals surface area contributed by atoms with Gasteiger partial charge in [0.2, 0.25) is 5.95 Å². The number of amides is 1. The first-order valence-corrected chi connectivity index (χ1v) is 19.7. The smallest absolute Gasteiger partial charge is 0.259 e. The Morgan fingerprint density at radius 1 is 0.912 bits per heavy atom. The van der Waals surface area contributed by atoms with Crippen molar-refractivity contribution >= 4 is 40.9 Å². The van der Waals surface area contributed by atoms with Gasteiger partial charge in [0.05, 0.1) is 48.7 Å². The Morgan fingerprint density at radius 3 is 2.47 bits per heavy atom. The van der Waals surface area contributed by atoms with E-state index in [-0.39, 0.29) is 17.9 Å². The molecule has 6 aromatic rings. The number of halogens is 2. The molecular formula is C42H43F2N7O5S. The second-order valence-electron chi connectivity index (χ2n) is 13.2. The molecule has 15 heteroatoms. The van der Waals surface area contributed by atoms with Crippen molar-refractivity contribution in [3.8, 4) is 34.1 Å². The van der Waals surface area contributed by atoms with E-state index in [0.29, 0.717) is 52.5 Å². The predicted octanol–water partition coefficient (Wildman–Crippen LogP) is 8.94. The zero-order valence-electron chi connectivity index (χ0n) is 31.8. The number of carbonyl (C=O) groups excluding carboxylic acids is 1. The summed E-state index contributed by atoms with van der Waals surface area (Å²) in [5.74, 6) is 0.0422. The van der Waals surface area contributed by atoms with E-state index in [2.05, 4.69) is 37.5 Å². The van der Waals surface area contributed by atoms with Crippen LogP contribution in [0.5, 0.6) is 11.5 Å². The van der Waals surface area contributed by atoms with Gasteiger partial charge >= 0.3 is 0 Å². The van der Waals surface area contributed by atoms with Gasteiger partial charge in [0, 0.05) is 42.3 Å². The number of fused-ring (bicyclic) bond motifs is 1. The standard InChI is InChI=1S/C42H43F2N7O5S/c1-4-54-35-15-13-29(25-30(35)41(52)49-39-31(43)9-8-10-32(39)44)38-40(51-20-7-6-11-37(51)48-38)34-16-19-45-42(47-34)46-33-14-12-28(26-36(33)55-5-2)27-17-21-50(22-18-27)23-24-57-56-53-3/h6-16,19-20,25-27H,4-5,17-18,21-24H2,1-3H3,(H,49,52)(H,45,46,47). The van der Waals surface area contributed by atoms with Crippen LogP contribution < -0.4 is 20.1 Å². The van der Waals surface area contributed by atoms with E-state index in [1.807, 2.05) is 41.8 Å². The van der Waals surface area contributed by atoms with Crippen LogP contribution in [-0.4, -0.2) is 75.9 Å². The molecule has 0 atom stereocenters. The first-order chi connectivity index (χ1) is 27.9. The van der Waals surface area contributed by atoms with Crippen molar-refractivity contribution < 1.29 is 32.3 Å². The third-order valence-corrected chi connectivity index (χ3v) is 10.2. The van der Waals surface area contributed by atoms with Crippen LogP contribution in [0.25, 0.3) is 28.3 Å². The maximum atomic E-state index is 14.5. The number of imidazole rings is 1. The van der Waals surface area contributed by atoms with Gasteiger partial charge in [-0.3, -0.25) is 9.20 Å². The van der Waals surface area contributed by atoms with Crippen molar-refractivity contribution in [3.05, 3.63) is 114 Å². The zero-order valence-corrected chi connectivity index (χ0v) is 32.7. The van der Waals surface area contributed by atoms with Crippen molar-refractivity contribution in [2.45, 2.75) is 32.6 Å². The van der Waals surface area contributed by atoms with Gasteiger partial charge in [-0.2, -0.15) is 4.33 Å². The Kier molecular flexibility index (Phi) is 12.9. The molecule has 1 saturated heterocycles. The number of carbonyl (C=O) groups is 1. The molecule has 1 amide bonds. The van der Waals surface area contributed by atoms with E-state index in [0.717, 1.165) is 56.0 Å². The van der Waals surface area contributed by atoms with Crippen LogP contribution in [0.1, 0.15) is 48.5 Å². The van der Waals surface area contributed by atoms with E-state index in [9.17, 15) is 13.6 Å². The number of piperidine rings is 1. The Morgan fingerprint density at radius 2 is 1.70 bits per heavy atom. The Bertz CT molecular complexity index is 2320. The molecule has 1 aliphatic rings. The van der Waals surface area contributed by atoms with E-state index >= 15 is 0 Å². The first-order valence-electron chi connectivity index (χ1n) is 18.8. The molecule has 0 bridgehead atoms. The van der Waals surface area contributed by atoms with E-state index in [1.54, 1.807) is 37.4 Å². The van der Waals surface area contributed by atoms with Crippen LogP contribution in [0.2, 0.25) is 0 Å². The molecule has 3 aromatic carbocycles. The van der Waals surface area contributed by atoms with E-state index in [4.69, 9.17) is 23.8 Å². The number of nitrogens with one attached hydrogen (secondary N) is 2. The summed E-state index contributed by atoms with van der Waals surface area (Å²) in [4.78, 5) is 35.1. The van der Waals surface area contributed by atoms with Crippen LogP contribution in [-0.2, 0) is 9.22 Å². The summed E-state index contributed by atoms with van der Waals surface area (Å²) in [6.45, 7) is 7.45. The van der Waals surface area contributed by atoms with Gasteiger partial charge in [-0.25, -0.2) is 28.6 Å². The summed E-state index contributed by atoms with van der Waals surface area (Å²) in [6.07, 6.45) is 5.64. The van der Waals surface area contributed by atoms with Gasteiger partial charge < -0.3 is 25.0 Å². The molecule has 2 N–H and O–H groups in total. The number of pyridine rings is 1. The molecular weight excluding hydrogens is 753 g/mol. The number of nitrogens with zero attached hydrogens (tertiary/aromatic N) is 5. The monoisotopic (exact) mass is 795 g/mol. The predicted molar refractivity (Wildman–Crippen MR) is 217 cm³/mol. The molecule has 1 aliphatic heterocycles. The maximum absolute atomic E-state index is 14.5. The number of hydrogen-bond donors (Lipinski definition) is 2. The number of ether oxygens (including phenoxy) is 2. The summed E-state index contributed by atoms with van der Waals surface area (Å²) in [5, 5.41) is 5.75.